The highest BCUT2D eigenvalue weighted by Gasteiger charge is 2.25. The number of aromatic amines is 1. The maximum Gasteiger partial charge on any atom is 0.262 e. The fourth-order valence-corrected chi connectivity index (χ4v) is 4.96. The second kappa shape index (κ2) is 9.26. The van der Waals surface area contributed by atoms with E-state index in [1.165, 1.54) is 11.3 Å². The molecule has 0 radical (unpaired) electrons. The second-order valence-electron chi connectivity index (χ2n) is 7.16. The second-order valence-corrected chi connectivity index (χ2v) is 8.54. The van der Waals surface area contributed by atoms with Gasteiger partial charge in [0.25, 0.3) is 5.91 Å². The molecule has 1 amide bonds. The van der Waals surface area contributed by atoms with E-state index in [2.05, 4.69) is 23.7 Å². The largest absolute Gasteiger partial charge is 0.494 e. The van der Waals surface area contributed by atoms with Crippen molar-refractivity contribution in [2.24, 2.45) is 0 Å². The number of H-pyrrole nitrogens is 1. The molecule has 2 heterocycles. The van der Waals surface area contributed by atoms with Crippen LogP contribution in [0.5, 0.6) is 5.75 Å². The zero-order valence-electron chi connectivity index (χ0n) is 17.8. The topological polar surface area (TPSA) is 61.5 Å². The lowest BCUT2D eigenvalue weighted by Crippen LogP contribution is -2.38. The molecule has 6 nitrogen and oxygen atoms in total. The SMILES string of the molecule is CCN(CC)CCN(C(=O)c1c[nH]c2ccccc12)c1nc2c(OC)ccc(Cl)c2s1. The minimum atomic E-state index is -0.0845. The number of carbonyl (C=O) groups excluding carboxylic acids is 1. The van der Waals surface area contributed by atoms with Crippen LogP contribution in [-0.4, -0.2) is 54.1 Å². The molecule has 0 atom stereocenters. The molecule has 4 rings (SSSR count). The third kappa shape index (κ3) is 4.13. The summed E-state index contributed by atoms with van der Waals surface area (Å²) >= 11 is 7.84. The number of amides is 1. The summed E-state index contributed by atoms with van der Waals surface area (Å²) in [4.78, 5) is 25.7. The van der Waals surface area contributed by atoms with Crippen molar-refractivity contribution in [3.05, 3.63) is 53.2 Å². The number of ether oxygens (including phenoxy) is 1. The van der Waals surface area contributed by atoms with E-state index in [0.29, 0.717) is 33.5 Å². The van der Waals surface area contributed by atoms with E-state index in [4.69, 9.17) is 21.3 Å². The molecule has 2 aromatic heterocycles. The minimum Gasteiger partial charge on any atom is -0.494 e. The Morgan fingerprint density at radius 1 is 1.16 bits per heavy atom. The number of rotatable bonds is 8. The van der Waals surface area contributed by atoms with Gasteiger partial charge in [0.15, 0.2) is 5.13 Å². The standard InChI is InChI=1S/C23H25ClN4O2S/c1-4-27(5-2)12-13-28(22(29)16-14-25-18-9-7-6-8-15(16)18)23-26-20-19(30-3)11-10-17(24)21(20)31-23/h6-11,14,25H,4-5,12-13H2,1-3H3. The zero-order chi connectivity index (χ0) is 22.0. The van der Waals surface area contributed by atoms with Gasteiger partial charge in [-0.15, -0.1) is 0 Å². The molecule has 0 spiro atoms. The van der Waals surface area contributed by atoms with E-state index in [-0.39, 0.29) is 5.91 Å². The molecule has 0 aliphatic rings. The van der Waals surface area contributed by atoms with Gasteiger partial charge in [0, 0.05) is 30.2 Å². The number of thiazole rings is 1. The van der Waals surface area contributed by atoms with E-state index >= 15 is 0 Å². The first-order valence-corrected chi connectivity index (χ1v) is 11.5. The molecule has 0 saturated heterocycles. The van der Waals surface area contributed by atoms with Gasteiger partial charge in [-0.25, -0.2) is 4.98 Å². The summed E-state index contributed by atoms with van der Waals surface area (Å²) in [5, 5.41) is 2.11. The summed E-state index contributed by atoms with van der Waals surface area (Å²) in [5.74, 6) is 0.559. The van der Waals surface area contributed by atoms with Crippen LogP contribution in [0.15, 0.2) is 42.6 Å². The van der Waals surface area contributed by atoms with Gasteiger partial charge < -0.3 is 14.6 Å². The van der Waals surface area contributed by atoms with Crippen molar-refractivity contribution in [3.63, 3.8) is 0 Å². The quantitative estimate of drug-likeness (QED) is 0.384. The Hall–Kier alpha value is -2.61. The minimum absolute atomic E-state index is 0.0845. The smallest absolute Gasteiger partial charge is 0.262 e. The van der Waals surface area contributed by atoms with E-state index in [1.807, 2.05) is 24.3 Å². The van der Waals surface area contributed by atoms with Crippen LogP contribution in [0.2, 0.25) is 5.02 Å². The average Bonchev–Trinajstić information content (AvgIpc) is 3.42. The van der Waals surface area contributed by atoms with Gasteiger partial charge in [-0.2, -0.15) is 0 Å². The highest BCUT2D eigenvalue weighted by molar-refractivity contribution is 7.23. The highest BCUT2D eigenvalue weighted by atomic mass is 35.5. The molecular formula is C23H25ClN4O2S. The number of likely N-dealkylation sites (N-methyl/N-ethyl adjacent to an activating group) is 1. The lowest BCUT2D eigenvalue weighted by molar-refractivity contribution is 0.0985. The normalized spacial score (nSPS) is 11.5. The first-order valence-electron chi connectivity index (χ1n) is 10.3. The van der Waals surface area contributed by atoms with Crippen molar-refractivity contribution in [3.8, 4) is 5.75 Å². The molecule has 0 unspecified atom stereocenters. The number of aromatic nitrogens is 2. The van der Waals surface area contributed by atoms with Crippen LogP contribution in [0.4, 0.5) is 5.13 Å². The van der Waals surface area contributed by atoms with Gasteiger partial charge >= 0.3 is 0 Å². The van der Waals surface area contributed by atoms with Crippen molar-refractivity contribution in [2.45, 2.75) is 13.8 Å². The average molecular weight is 457 g/mol. The predicted octanol–water partition coefficient (Wildman–Crippen LogP) is 5.43. The molecule has 0 fully saturated rings. The Morgan fingerprint density at radius 3 is 2.68 bits per heavy atom. The number of para-hydroxylation sites is 1. The summed E-state index contributed by atoms with van der Waals surface area (Å²) in [7, 11) is 1.61. The molecule has 8 heteroatoms. The fourth-order valence-electron chi connectivity index (χ4n) is 3.68. The monoisotopic (exact) mass is 456 g/mol. The van der Waals surface area contributed by atoms with Crippen LogP contribution in [-0.2, 0) is 0 Å². The molecule has 0 aliphatic heterocycles. The van der Waals surface area contributed by atoms with E-state index in [0.717, 1.165) is 35.2 Å². The first-order chi connectivity index (χ1) is 15.1. The first kappa shape index (κ1) is 21.6. The number of benzene rings is 2. The van der Waals surface area contributed by atoms with E-state index in [9.17, 15) is 4.79 Å². The number of hydrogen-bond acceptors (Lipinski definition) is 5. The van der Waals surface area contributed by atoms with Gasteiger partial charge in [-0.3, -0.25) is 9.69 Å². The molecular weight excluding hydrogens is 432 g/mol. The molecule has 4 aromatic rings. The third-order valence-corrected chi connectivity index (χ3v) is 7.04. The van der Waals surface area contributed by atoms with Gasteiger partial charge in [-0.05, 0) is 31.3 Å². The maximum atomic E-state index is 13.7. The van der Waals surface area contributed by atoms with Gasteiger partial charge in [0.2, 0.25) is 0 Å². The number of hydrogen-bond donors (Lipinski definition) is 1. The summed E-state index contributed by atoms with van der Waals surface area (Å²) < 4.78 is 6.28. The summed E-state index contributed by atoms with van der Waals surface area (Å²) in [5.41, 5.74) is 2.24. The lowest BCUT2D eigenvalue weighted by Gasteiger charge is -2.24. The number of anilines is 1. The third-order valence-electron chi connectivity index (χ3n) is 5.50. The van der Waals surface area contributed by atoms with Crippen molar-refractivity contribution < 1.29 is 9.53 Å². The maximum absolute atomic E-state index is 13.7. The number of fused-ring (bicyclic) bond motifs is 2. The van der Waals surface area contributed by atoms with Gasteiger partial charge in [0.05, 0.1) is 22.4 Å². The van der Waals surface area contributed by atoms with Crippen LogP contribution < -0.4 is 9.64 Å². The number of carbonyl (C=O) groups is 1. The molecule has 0 aliphatic carbocycles. The molecule has 162 valence electrons. The van der Waals surface area contributed by atoms with Gasteiger partial charge in [-0.1, -0.05) is 55.0 Å². The van der Waals surface area contributed by atoms with Crippen LogP contribution in [0.25, 0.3) is 21.1 Å². The number of halogens is 1. The Balaban J connectivity index is 1.78. The molecule has 1 N–H and O–H groups in total. The van der Waals surface area contributed by atoms with Gasteiger partial charge in [0.1, 0.15) is 11.3 Å². The molecule has 0 bridgehead atoms. The Bertz CT molecular complexity index is 1210. The van der Waals surface area contributed by atoms with Crippen molar-refractivity contribution in [2.75, 3.05) is 38.2 Å². The van der Waals surface area contributed by atoms with Crippen LogP contribution in [0.1, 0.15) is 24.2 Å². The Morgan fingerprint density at radius 2 is 1.94 bits per heavy atom. The summed E-state index contributed by atoms with van der Waals surface area (Å²) in [6.45, 7) is 7.37. The highest BCUT2D eigenvalue weighted by Crippen LogP contribution is 2.39. The van der Waals surface area contributed by atoms with Crippen molar-refractivity contribution >= 4 is 55.1 Å². The summed E-state index contributed by atoms with van der Waals surface area (Å²) in [6, 6.07) is 11.4. The van der Waals surface area contributed by atoms with Crippen LogP contribution >= 0.6 is 22.9 Å². The van der Waals surface area contributed by atoms with E-state index < -0.39 is 0 Å². The fraction of sp³-hybridized carbons (Fsp3) is 0.304. The predicted molar refractivity (Wildman–Crippen MR) is 129 cm³/mol. The lowest BCUT2D eigenvalue weighted by atomic mass is 10.1. The number of nitrogens with one attached hydrogen (secondary N) is 1. The molecule has 0 saturated carbocycles. The van der Waals surface area contributed by atoms with Crippen molar-refractivity contribution in [1.29, 1.82) is 0 Å². The van der Waals surface area contributed by atoms with E-state index in [1.54, 1.807) is 30.3 Å². The number of methoxy groups -OCH3 is 1. The number of nitrogens with zero attached hydrogens (tertiary/aromatic N) is 3. The Labute approximate surface area is 190 Å². The molecule has 31 heavy (non-hydrogen) atoms. The Kier molecular flexibility index (Phi) is 6.46. The van der Waals surface area contributed by atoms with Crippen molar-refractivity contribution in [1.82, 2.24) is 14.9 Å². The summed E-state index contributed by atoms with van der Waals surface area (Å²) in [6.07, 6.45) is 1.78. The van der Waals surface area contributed by atoms with Crippen LogP contribution in [0, 0.1) is 0 Å². The zero-order valence-corrected chi connectivity index (χ0v) is 19.4. The van der Waals surface area contributed by atoms with Crippen LogP contribution in [0.3, 0.4) is 0 Å². The molecule has 2 aromatic carbocycles.